The van der Waals surface area contributed by atoms with Crippen LogP contribution in [0.5, 0.6) is 0 Å². The molecular weight excluding hydrogens is 280 g/mol. The Bertz CT molecular complexity index is 438. The van der Waals surface area contributed by atoms with Gasteiger partial charge in [0.1, 0.15) is 0 Å². The average molecular weight is 306 g/mol. The van der Waals surface area contributed by atoms with Crippen LogP contribution in [-0.4, -0.2) is 54.7 Å². The van der Waals surface area contributed by atoms with Gasteiger partial charge in [-0.25, -0.2) is 0 Å². The number of carbonyl (C=O) groups excluding carboxylic acids is 1. The predicted octanol–water partition coefficient (Wildman–Crippen LogP) is 3.11. The molecular formula is C17H26N2OS. The maximum Gasteiger partial charge on any atom is 0.239 e. The molecule has 2 rings (SSSR count). The summed E-state index contributed by atoms with van der Waals surface area (Å²) in [5.74, 6) is 1.23. The quantitative estimate of drug-likeness (QED) is 0.781. The van der Waals surface area contributed by atoms with Crippen molar-refractivity contribution in [3.8, 4) is 0 Å². The molecule has 0 unspecified atom stereocenters. The van der Waals surface area contributed by atoms with Crippen molar-refractivity contribution in [1.29, 1.82) is 0 Å². The van der Waals surface area contributed by atoms with Crippen LogP contribution in [-0.2, 0) is 4.79 Å². The third kappa shape index (κ3) is 5.04. The van der Waals surface area contributed by atoms with E-state index in [0.717, 1.165) is 25.3 Å². The normalized spacial score (nSPS) is 20.0. The summed E-state index contributed by atoms with van der Waals surface area (Å²) in [6.07, 6.45) is 4.65. The van der Waals surface area contributed by atoms with Gasteiger partial charge in [0, 0.05) is 24.2 Å². The molecule has 0 aromatic heterocycles. The van der Waals surface area contributed by atoms with Gasteiger partial charge in [-0.05, 0) is 38.6 Å². The minimum Gasteiger partial charge on any atom is -0.344 e. The second-order valence-electron chi connectivity index (χ2n) is 5.77. The van der Waals surface area contributed by atoms with Gasteiger partial charge in [0.2, 0.25) is 5.91 Å². The first-order valence-electron chi connectivity index (χ1n) is 7.81. The number of amides is 1. The second kappa shape index (κ2) is 8.44. The van der Waals surface area contributed by atoms with Crippen LogP contribution in [0.3, 0.4) is 0 Å². The highest BCUT2D eigenvalue weighted by Crippen LogP contribution is 2.19. The Kier molecular flexibility index (Phi) is 6.58. The van der Waals surface area contributed by atoms with Gasteiger partial charge >= 0.3 is 0 Å². The van der Waals surface area contributed by atoms with Crippen molar-refractivity contribution in [2.24, 2.45) is 0 Å². The lowest BCUT2D eigenvalue weighted by molar-refractivity contribution is -0.135. The number of hydrogen-bond donors (Lipinski definition) is 0. The Morgan fingerprint density at radius 2 is 2.05 bits per heavy atom. The summed E-state index contributed by atoms with van der Waals surface area (Å²) >= 11 is 1.81. The summed E-state index contributed by atoms with van der Waals surface area (Å²) in [5.41, 5.74) is 0. The van der Waals surface area contributed by atoms with Crippen molar-refractivity contribution in [3.63, 3.8) is 0 Å². The monoisotopic (exact) mass is 306 g/mol. The molecule has 21 heavy (non-hydrogen) atoms. The first-order valence-corrected chi connectivity index (χ1v) is 8.80. The van der Waals surface area contributed by atoms with Crippen LogP contribution < -0.4 is 0 Å². The molecule has 0 radical (unpaired) electrons. The highest BCUT2D eigenvalue weighted by molar-refractivity contribution is 7.99. The SMILES string of the molecule is CN(CCSc1ccccc1)C(=O)[C@@H]1CCCCCN1C. The molecule has 4 heteroatoms. The zero-order chi connectivity index (χ0) is 15.1. The first-order chi connectivity index (χ1) is 10.2. The largest absolute Gasteiger partial charge is 0.344 e. The highest BCUT2D eigenvalue weighted by atomic mass is 32.2. The fourth-order valence-corrected chi connectivity index (χ4v) is 3.70. The lowest BCUT2D eigenvalue weighted by Crippen LogP contribution is -2.46. The van der Waals surface area contributed by atoms with Crippen LogP contribution in [0.2, 0.25) is 0 Å². The van der Waals surface area contributed by atoms with E-state index < -0.39 is 0 Å². The maximum absolute atomic E-state index is 12.6. The molecule has 0 aliphatic carbocycles. The van der Waals surface area contributed by atoms with E-state index in [0.29, 0.717) is 0 Å². The third-order valence-electron chi connectivity index (χ3n) is 4.12. The molecule has 1 amide bonds. The fourth-order valence-electron chi connectivity index (χ4n) is 2.75. The summed E-state index contributed by atoms with van der Waals surface area (Å²) in [6.45, 7) is 1.85. The van der Waals surface area contributed by atoms with E-state index in [-0.39, 0.29) is 11.9 Å². The van der Waals surface area contributed by atoms with Crippen molar-refractivity contribution in [1.82, 2.24) is 9.80 Å². The van der Waals surface area contributed by atoms with Gasteiger partial charge in [-0.1, -0.05) is 31.0 Å². The second-order valence-corrected chi connectivity index (χ2v) is 6.94. The molecule has 1 saturated heterocycles. The van der Waals surface area contributed by atoms with Crippen LogP contribution >= 0.6 is 11.8 Å². The van der Waals surface area contributed by atoms with Crippen molar-refractivity contribution in [2.45, 2.75) is 36.6 Å². The molecule has 1 aliphatic heterocycles. The van der Waals surface area contributed by atoms with Crippen molar-refractivity contribution in [3.05, 3.63) is 30.3 Å². The van der Waals surface area contributed by atoms with Gasteiger partial charge < -0.3 is 4.90 Å². The molecule has 1 aliphatic rings. The van der Waals surface area contributed by atoms with Gasteiger partial charge in [0.25, 0.3) is 0 Å². The molecule has 0 spiro atoms. The van der Waals surface area contributed by atoms with Gasteiger partial charge in [-0.2, -0.15) is 0 Å². The third-order valence-corrected chi connectivity index (χ3v) is 5.11. The molecule has 1 atom stereocenters. The molecule has 116 valence electrons. The standard InChI is InChI=1S/C17H26N2OS/c1-18-12-8-4-7-11-16(18)17(20)19(2)13-14-21-15-9-5-3-6-10-15/h3,5-6,9-10,16H,4,7-8,11-14H2,1-2H3/t16-/m0/s1. The van der Waals surface area contributed by atoms with E-state index in [2.05, 4.69) is 36.2 Å². The summed E-state index contributed by atoms with van der Waals surface area (Å²) in [6, 6.07) is 10.5. The van der Waals surface area contributed by atoms with Crippen molar-refractivity contribution >= 4 is 17.7 Å². The Morgan fingerprint density at radius 3 is 2.81 bits per heavy atom. The summed E-state index contributed by atoms with van der Waals surface area (Å²) in [5, 5.41) is 0. The molecule has 1 fully saturated rings. The molecule has 0 bridgehead atoms. The van der Waals surface area contributed by atoms with E-state index in [1.165, 1.54) is 24.2 Å². The number of carbonyl (C=O) groups is 1. The van der Waals surface area contributed by atoms with E-state index >= 15 is 0 Å². The van der Waals surface area contributed by atoms with Crippen LogP contribution in [0.25, 0.3) is 0 Å². The van der Waals surface area contributed by atoms with Gasteiger partial charge in [-0.15, -0.1) is 11.8 Å². The van der Waals surface area contributed by atoms with Crippen LogP contribution in [0, 0.1) is 0 Å². The lowest BCUT2D eigenvalue weighted by atomic mass is 10.1. The smallest absolute Gasteiger partial charge is 0.239 e. The van der Waals surface area contributed by atoms with E-state index in [9.17, 15) is 4.79 Å². The Balaban J connectivity index is 1.79. The number of benzene rings is 1. The Morgan fingerprint density at radius 1 is 1.29 bits per heavy atom. The summed E-state index contributed by atoms with van der Waals surface area (Å²) in [4.78, 5) is 18.0. The number of likely N-dealkylation sites (tertiary alicyclic amines) is 1. The average Bonchev–Trinajstić information content (AvgIpc) is 2.72. The maximum atomic E-state index is 12.6. The zero-order valence-electron chi connectivity index (χ0n) is 13.1. The van der Waals surface area contributed by atoms with E-state index in [1.54, 1.807) is 0 Å². The van der Waals surface area contributed by atoms with Crippen LogP contribution in [0.4, 0.5) is 0 Å². The Hall–Kier alpha value is -1.00. The molecule has 0 N–H and O–H groups in total. The van der Waals surface area contributed by atoms with Gasteiger partial charge in [0.15, 0.2) is 0 Å². The molecule has 3 nitrogen and oxygen atoms in total. The minimum absolute atomic E-state index is 0.0826. The number of nitrogens with zero attached hydrogens (tertiary/aromatic N) is 2. The van der Waals surface area contributed by atoms with Gasteiger partial charge in [0.05, 0.1) is 6.04 Å². The van der Waals surface area contributed by atoms with Gasteiger partial charge in [-0.3, -0.25) is 9.69 Å². The molecule has 1 heterocycles. The summed E-state index contributed by atoms with van der Waals surface area (Å²) < 4.78 is 0. The summed E-state index contributed by atoms with van der Waals surface area (Å²) in [7, 11) is 4.02. The van der Waals surface area contributed by atoms with E-state index in [1.807, 2.05) is 29.8 Å². The zero-order valence-corrected chi connectivity index (χ0v) is 13.9. The van der Waals surface area contributed by atoms with Crippen LogP contribution in [0.1, 0.15) is 25.7 Å². The number of hydrogen-bond acceptors (Lipinski definition) is 3. The number of rotatable bonds is 5. The van der Waals surface area contributed by atoms with Crippen molar-refractivity contribution < 1.29 is 4.79 Å². The first kappa shape index (κ1) is 16.4. The molecule has 0 saturated carbocycles. The predicted molar refractivity (Wildman–Crippen MR) is 89.7 cm³/mol. The Labute approximate surface area is 132 Å². The topological polar surface area (TPSA) is 23.6 Å². The lowest BCUT2D eigenvalue weighted by Gasteiger charge is -2.29. The minimum atomic E-state index is 0.0826. The highest BCUT2D eigenvalue weighted by Gasteiger charge is 2.26. The van der Waals surface area contributed by atoms with Crippen LogP contribution in [0.15, 0.2) is 35.2 Å². The number of likely N-dealkylation sites (N-methyl/N-ethyl adjacent to an activating group) is 2. The van der Waals surface area contributed by atoms with E-state index in [4.69, 9.17) is 0 Å². The van der Waals surface area contributed by atoms with Crippen molar-refractivity contribution in [2.75, 3.05) is 32.9 Å². The number of thioether (sulfide) groups is 1. The molecule has 1 aromatic carbocycles. The molecule has 1 aromatic rings. The fraction of sp³-hybridized carbons (Fsp3) is 0.588.